The van der Waals surface area contributed by atoms with Crippen LogP contribution in [0, 0.1) is 5.92 Å². The van der Waals surface area contributed by atoms with Crippen molar-refractivity contribution in [1.82, 2.24) is 5.32 Å². The van der Waals surface area contributed by atoms with E-state index in [1.54, 1.807) is 13.2 Å². The monoisotopic (exact) mass is 359 g/mol. The number of methoxy groups -OCH3 is 1. The van der Waals surface area contributed by atoms with Gasteiger partial charge in [0.2, 0.25) is 0 Å². The smallest absolute Gasteiger partial charge is 0.251 e. The van der Waals surface area contributed by atoms with Crippen molar-refractivity contribution >= 4 is 15.7 Å². The Labute approximate surface area is 147 Å². The van der Waals surface area contributed by atoms with Gasteiger partial charge < -0.3 is 10.1 Å². The van der Waals surface area contributed by atoms with Gasteiger partial charge in [-0.05, 0) is 36.1 Å². The van der Waals surface area contributed by atoms with Crippen LogP contribution in [0.2, 0.25) is 0 Å². The van der Waals surface area contributed by atoms with Gasteiger partial charge in [0.1, 0.15) is 5.75 Å². The zero-order chi connectivity index (χ0) is 17.9. The number of amides is 1. The number of hydrogen-bond acceptors (Lipinski definition) is 4. The third-order valence-corrected chi connectivity index (χ3v) is 6.26. The summed E-state index contributed by atoms with van der Waals surface area (Å²) in [5, 5.41) is 2.85. The standard InChI is InChI=1S/C19H21NO4S/c1-24-18-8-3-2-7-17(18)15-5-4-6-16(11-15)19(21)20-12-14-9-10-25(22,23)13-14/h2-8,11,14H,9-10,12-13H2,1H3,(H,20,21)/t14-/m0/s1. The van der Waals surface area contributed by atoms with Gasteiger partial charge in [0.05, 0.1) is 18.6 Å². The van der Waals surface area contributed by atoms with Gasteiger partial charge in [-0.2, -0.15) is 0 Å². The van der Waals surface area contributed by atoms with Gasteiger partial charge in [0.25, 0.3) is 5.91 Å². The number of carbonyl (C=O) groups is 1. The molecular formula is C19H21NO4S. The summed E-state index contributed by atoms with van der Waals surface area (Å²) < 4.78 is 28.4. The molecule has 1 fully saturated rings. The molecule has 0 unspecified atom stereocenters. The van der Waals surface area contributed by atoms with E-state index in [4.69, 9.17) is 4.74 Å². The number of ether oxygens (including phenoxy) is 1. The average molecular weight is 359 g/mol. The van der Waals surface area contributed by atoms with E-state index in [9.17, 15) is 13.2 Å². The van der Waals surface area contributed by atoms with Crippen LogP contribution in [0.5, 0.6) is 5.75 Å². The van der Waals surface area contributed by atoms with Gasteiger partial charge in [-0.25, -0.2) is 8.42 Å². The summed E-state index contributed by atoms with van der Waals surface area (Å²) in [6, 6.07) is 15.0. The highest BCUT2D eigenvalue weighted by atomic mass is 32.2. The summed E-state index contributed by atoms with van der Waals surface area (Å²) in [6.45, 7) is 0.386. The molecule has 1 aliphatic heterocycles. The Hall–Kier alpha value is -2.34. The summed E-state index contributed by atoms with van der Waals surface area (Å²) in [5.41, 5.74) is 2.36. The maximum absolute atomic E-state index is 12.4. The molecule has 0 spiro atoms. The zero-order valence-corrected chi connectivity index (χ0v) is 14.9. The first-order valence-electron chi connectivity index (χ1n) is 8.20. The number of benzene rings is 2. The first kappa shape index (κ1) is 17.5. The molecule has 0 bridgehead atoms. The largest absolute Gasteiger partial charge is 0.496 e. The van der Waals surface area contributed by atoms with Crippen LogP contribution in [0.4, 0.5) is 0 Å². The molecule has 3 rings (SSSR count). The van der Waals surface area contributed by atoms with Crippen LogP contribution in [0.25, 0.3) is 11.1 Å². The molecule has 1 atom stereocenters. The van der Waals surface area contributed by atoms with Crippen LogP contribution >= 0.6 is 0 Å². The van der Waals surface area contributed by atoms with Gasteiger partial charge in [0, 0.05) is 17.7 Å². The van der Waals surface area contributed by atoms with E-state index in [1.807, 2.05) is 42.5 Å². The summed E-state index contributed by atoms with van der Waals surface area (Å²) >= 11 is 0. The fourth-order valence-corrected chi connectivity index (χ4v) is 4.95. The molecule has 1 amide bonds. The highest BCUT2D eigenvalue weighted by Gasteiger charge is 2.28. The predicted molar refractivity (Wildman–Crippen MR) is 97.5 cm³/mol. The first-order chi connectivity index (χ1) is 12.0. The Bertz CT molecular complexity index is 876. The molecule has 25 heavy (non-hydrogen) atoms. The second-order valence-electron chi connectivity index (χ2n) is 6.26. The Morgan fingerprint density at radius 1 is 1.20 bits per heavy atom. The van der Waals surface area contributed by atoms with E-state index in [0.717, 1.165) is 16.9 Å². The second kappa shape index (κ2) is 7.27. The minimum Gasteiger partial charge on any atom is -0.496 e. The van der Waals surface area contributed by atoms with Crippen molar-refractivity contribution in [1.29, 1.82) is 0 Å². The van der Waals surface area contributed by atoms with Crippen LogP contribution in [0.15, 0.2) is 48.5 Å². The van der Waals surface area contributed by atoms with Crippen molar-refractivity contribution in [3.63, 3.8) is 0 Å². The lowest BCUT2D eigenvalue weighted by Gasteiger charge is -2.12. The average Bonchev–Trinajstić information content (AvgIpc) is 2.98. The van der Waals surface area contributed by atoms with Crippen LogP contribution in [0.3, 0.4) is 0 Å². The van der Waals surface area contributed by atoms with Crippen LogP contribution < -0.4 is 10.1 Å². The number of nitrogens with one attached hydrogen (secondary N) is 1. The highest BCUT2D eigenvalue weighted by molar-refractivity contribution is 7.91. The molecule has 5 nitrogen and oxygen atoms in total. The minimum atomic E-state index is -2.92. The van der Waals surface area contributed by atoms with E-state index in [0.29, 0.717) is 18.5 Å². The number of sulfone groups is 1. The van der Waals surface area contributed by atoms with E-state index in [1.165, 1.54) is 0 Å². The SMILES string of the molecule is COc1ccccc1-c1cccc(C(=O)NC[C@@H]2CCS(=O)(=O)C2)c1. The molecule has 1 heterocycles. The van der Waals surface area contributed by atoms with Gasteiger partial charge in [-0.1, -0.05) is 30.3 Å². The van der Waals surface area contributed by atoms with Crippen molar-refractivity contribution in [3.8, 4) is 16.9 Å². The van der Waals surface area contributed by atoms with E-state index < -0.39 is 9.84 Å². The van der Waals surface area contributed by atoms with Gasteiger partial charge in [-0.15, -0.1) is 0 Å². The molecule has 0 saturated carbocycles. The Balaban J connectivity index is 1.72. The van der Waals surface area contributed by atoms with Crippen molar-refractivity contribution in [2.24, 2.45) is 5.92 Å². The number of hydrogen-bond donors (Lipinski definition) is 1. The highest BCUT2D eigenvalue weighted by Crippen LogP contribution is 2.30. The van der Waals surface area contributed by atoms with Gasteiger partial charge >= 0.3 is 0 Å². The first-order valence-corrected chi connectivity index (χ1v) is 10.0. The molecule has 1 N–H and O–H groups in total. The molecular weight excluding hydrogens is 338 g/mol. The maximum atomic E-state index is 12.4. The fraction of sp³-hybridized carbons (Fsp3) is 0.316. The van der Waals surface area contributed by atoms with Crippen molar-refractivity contribution in [2.75, 3.05) is 25.2 Å². The van der Waals surface area contributed by atoms with E-state index >= 15 is 0 Å². The van der Waals surface area contributed by atoms with Crippen LogP contribution in [0.1, 0.15) is 16.8 Å². The molecule has 1 aliphatic rings. The molecule has 2 aromatic carbocycles. The molecule has 0 radical (unpaired) electrons. The normalized spacial score (nSPS) is 18.7. The summed E-state index contributed by atoms with van der Waals surface area (Å²) in [5.74, 6) is 0.939. The Morgan fingerprint density at radius 2 is 2.00 bits per heavy atom. The Kier molecular flexibility index (Phi) is 5.08. The second-order valence-corrected chi connectivity index (χ2v) is 8.49. The quantitative estimate of drug-likeness (QED) is 0.890. The number of carbonyl (C=O) groups excluding carboxylic acids is 1. The summed E-state index contributed by atoms with van der Waals surface area (Å²) in [4.78, 5) is 12.4. The Morgan fingerprint density at radius 3 is 2.72 bits per heavy atom. The van der Waals surface area contributed by atoms with E-state index in [-0.39, 0.29) is 23.3 Å². The van der Waals surface area contributed by atoms with Crippen molar-refractivity contribution < 1.29 is 17.9 Å². The van der Waals surface area contributed by atoms with Crippen LogP contribution in [-0.4, -0.2) is 39.5 Å². The molecule has 6 heteroatoms. The topological polar surface area (TPSA) is 72.5 Å². The lowest BCUT2D eigenvalue weighted by molar-refractivity contribution is 0.0948. The lowest BCUT2D eigenvalue weighted by atomic mass is 10.0. The predicted octanol–water partition coefficient (Wildman–Crippen LogP) is 2.53. The molecule has 0 aliphatic carbocycles. The van der Waals surface area contributed by atoms with Crippen molar-refractivity contribution in [2.45, 2.75) is 6.42 Å². The molecule has 132 valence electrons. The van der Waals surface area contributed by atoms with Crippen LogP contribution in [-0.2, 0) is 9.84 Å². The summed E-state index contributed by atoms with van der Waals surface area (Å²) in [6.07, 6.45) is 0.615. The van der Waals surface area contributed by atoms with Gasteiger partial charge in [0.15, 0.2) is 9.84 Å². The molecule has 0 aromatic heterocycles. The number of rotatable bonds is 5. The number of para-hydroxylation sites is 1. The van der Waals surface area contributed by atoms with Gasteiger partial charge in [-0.3, -0.25) is 4.79 Å². The minimum absolute atomic E-state index is 0.00588. The maximum Gasteiger partial charge on any atom is 0.251 e. The molecule has 2 aromatic rings. The lowest BCUT2D eigenvalue weighted by Crippen LogP contribution is -2.29. The van der Waals surface area contributed by atoms with E-state index in [2.05, 4.69) is 5.32 Å². The summed E-state index contributed by atoms with van der Waals surface area (Å²) in [7, 11) is -1.31. The molecule has 1 saturated heterocycles. The third-order valence-electron chi connectivity index (χ3n) is 4.42. The zero-order valence-electron chi connectivity index (χ0n) is 14.1. The third kappa shape index (κ3) is 4.20. The van der Waals surface area contributed by atoms with Crippen molar-refractivity contribution in [3.05, 3.63) is 54.1 Å². The fourth-order valence-electron chi connectivity index (χ4n) is 3.08.